The second kappa shape index (κ2) is 10.7. The van der Waals surface area contributed by atoms with Gasteiger partial charge >= 0.3 is 0 Å². The Hall–Kier alpha value is -3.60. The molecule has 148 valence electrons. The molecule has 3 rings (SSSR count). The van der Waals surface area contributed by atoms with Crippen molar-refractivity contribution in [2.75, 3.05) is 6.61 Å². The maximum atomic E-state index is 12.1. The van der Waals surface area contributed by atoms with E-state index in [1.165, 1.54) is 0 Å². The van der Waals surface area contributed by atoms with Gasteiger partial charge in [-0.05, 0) is 66.1 Å². The minimum Gasteiger partial charge on any atom is -0.494 e. The molecule has 0 unspecified atom stereocenters. The fourth-order valence-electron chi connectivity index (χ4n) is 2.54. The van der Waals surface area contributed by atoms with E-state index in [1.54, 1.807) is 30.5 Å². The van der Waals surface area contributed by atoms with Gasteiger partial charge < -0.3 is 9.47 Å². The molecule has 0 bridgehead atoms. The first-order chi connectivity index (χ1) is 14.2. The van der Waals surface area contributed by atoms with Gasteiger partial charge in [0.2, 0.25) is 0 Å². The Labute approximate surface area is 171 Å². The lowest BCUT2D eigenvalue weighted by Crippen LogP contribution is -2.17. The van der Waals surface area contributed by atoms with Crippen LogP contribution < -0.4 is 14.9 Å². The third kappa shape index (κ3) is 6.50. The minimum absolute atomic E-state index is 0.272. The van der Waals surface area contributed by atoms with E-state index >= 15 is 0 Å². The van der Waals surface area contributed by atoms with Crippen molar-refractivity contribution in [1.82, 2.24) is 5.43 Å². The van der Waals surface area contributed by atoms with E-state index in [-0.39, 0.29) is 5.91 Å². The summed E-state index contributed by atoms with van der Waals surface area (Å²) in [5.74, 6) is 1.26. The third-order valence-corrected chi connectivity index (χ3v) is 4.10. The Bertz CT molecular complexity index is 921. The molecule has 0 spiro atoms. The van der Waals surface area contributed by atoms with Crippen LogP contribution in [0.25, 0.3) is 0 Å². The van der Waals surface area contributed by atoms with Gasteiger partial charge in [-0.25, -0.2) is 5.43 Å². The number of carbonyl (C=O) groups is 1. The van der Waals surface area contributed by atoms with Crippen molar-refractivity contribution >= 4 is 12.1 Å². The van der Waals surface area contributed by atoms with Crippen molar-refractivity contribution < 1.29 is 14.3 Å². The number of hydrogen-bond donors (Lipinski definition) is 1. The fraction of sp³-hybridized carbons (Fsp3) is 0.167. The number of amides is 1. The summed E-state index contributed by atoms with van der Waals surface area (Å²) < 4.78 is 11.3. The maximum absolute atomic E-state index is 12.1. The molecular formula is C24H24N2O3. The molecule has 5 nitrogen and oxygen atoms in total. The number of benzene rings is 3. The molecule has 0 aliphatic rings. The molecular weight excluding hydrogens is 364 g/mol. The Morgan fingerprint density at radius 1 is 0.897 bits per heavy atom. The summed E-state index contributed by atoms with van der Waals surface area (Å²) in [6.07, 6.45) is 2.54. The number of ether oxygens (including phenoxy) is 2. The first kappa shape index (κ1) is 20.1. The lowest BCUT2D eigenvalue weighted by atomic mass is 10.2. The molecule has 1 amide bonds. The van der Waals surface area contributed by atoms with E-state index in [4.69, 9.17) is 9.47 Å². The zero-order valence-electron chi connectivity index (χ0n) is 16.4. The van der Waals surface area contributed by atoms with Crippen LogP contribution in [0.5, 0.6) is 11.5 Å². The first-order valence-electron chi connectivity index (χ1n) is 9.57. The Morgan fingerprint density at radius 3 is 2.24 bits per heavy atom. The Morgan fingerprint density at radius 2 is 1.55 bits per heavy atom. The van der Waals surface area contributed by atoms with Crippen LogP contribution in [0.2, 0.25) is 0 Å². The number of nitrogens with one attached hydrogen (secondary N) is 1. The molecule has 0 radical (unpaired) electrons. The zero-order chi connectivity index (χ0) is 20.3. The molecule has 0 saturated carbocycles. The standard InChI is InChI=1S/C24H24N2O3/c1-2-16-28-22-14-10-21(11-15-22)24(27)26-25-17-19-8-12-23(13-9-19)29-18-20-6-4-3-5-7-20/h3-15,17H,2,16,18H2,1H3,(H,26,27)/b25-17+. The van der Waals surface area contributed by atoms with Gasteiger partial charge in [-0.2, -0.15) is 5.10 Å². The topological polar surface area (TPSA) is 59.9 Å². The molecule has 0 heterocycles. The number of hydrazone groups is 1. The molecule has 0 aromatic heterocycles. The van der Waals surface area contributed by atoms with Gasteiger partial charge in [0.05, 0.1) is 12.8 Å². The van der Waals surface area contributed by atoms with E-state index in [2.05, 4.69) is 10.5 Å². The molecule has 5 heteroatoms. The van der Waals surface area contributed by atoms with Crippen LogP contribution in [0.15, 0.2) is 84.0 Å². The molecule has 0 aliphatic heterocycles. The monoisotopic (exact) mass is 388 g/mol. The molecule has 0 saturated heterocycles. The quantitative estimate of drug-likeness (QED) is 0.422. The maximum Gasteiger partial charge on any atom is 0.271 e. The second-order valence-electron chi connectivity index (χ2n) is 6.42. The second-order valence-corrected chi connectivity index (χ2v) is 6.42. The molecule has 0 fully saturated rings. The number of rotatable bonds is 9. The Balaban J connectivity index is 1.47. The summed E-state index contributed by atoms with van der Waals surface area (Å²) >= 11 is 0. The molecule has 3 aromatic carbocycles. The average Bonchev–Trinajstić information content (AvgIpc) is 2.78. The van der Waals surface area contributed by atoms with Crippen LogP contribution in [-0.2, 0) is 6.61 Å². The summed E-state index contributed by atoms with van der Waals surface area (Å²) in [5, 5.41) is 4.02. The van der Waals surface area contributed by atoms with Crippen molar-refractivity contribution in [3.05, 3.63) is 95.6 Å². The smallest absolute Gasteiger partial charge is 0.271 e. The summed E-state index contributed by atoms with van der Waals surface area (Å²) in [4.78, 5) is 12.1. The van der Waals surface area contributed by atoms with Crippen molar-refractivity contribution in [2.24, 2.45) is 5.10 Å². The highest BCUT2D eigenvalue weighted by Crippen LogP contribution is 2.14. The molecule has 29 heavy (non-hydrogen) atoms. The highest BCUT2D eigenvalue weighted by molar-refractivity contribution is 5.95. The largest absolute Gasteiger partial charge is 0.494 e. The summed E-state index contributed by atoms with van der Waals surface area (Å²) in [5.41, 5.74) is 5.03. The molecule has 0 atom stereocenters. The van der Waals surface area contributed by atoms with Crippen LogP contribution in [0.4, 0.5) is 0 Å². The van der Waals surface area contributed by atoms with Gasteiger partial charge in [-0.15, -0.1) is 0 Å². The highest BCUT2D eigenvalue weighted by Gasteiger charge is 2.04. The minimum atomic E-state index is -0.272. The predicted octanol–water partition coefficient (Wildman–Crippen LogP) is 4.82. The van der Waals surface area contributed by atoms with Gasteiger partial charge in [-0.1, -0.05) is 37.3 Å². The summed E-state index contributed by atoms with van der Waals surface area (Å²) in [6, 6.07) is 24.5. The van der Waals surface area contributed by atoms with Crippen LogP contribution in [-0.4, -0.2) is 18.7 Å². The summed E-state index contributed by atoms with van der Waals surface area (Å²) in [6.45, 7) is 3.23. The SMILES string of the molecule is CCCOc1ccc(C(=O)N/N=C/c2ccc(OCc3ccccc3)cc2)cc1. The lowest BCUT2D eigenvalue weighted by Gasteiger charge is -2.06. The number of hydrogen-bond acceptors (Lipinski definition) is 4. The highest BCUT2D eigenvalue weighted by atomic mass is 16.5. The van der Waals surface area contributed by atoms with E-state index in [0.29, 0.717) is 18.8 Å². The zero-order valence-corrected chi connectivity index (χ0v) is 16.4. The predicted molar refractivity (Wildman–Crippen MR) is 115 cm³/mol. The number of carbonyl (C=O) groups excluding carboxylic acids is 1. The van der Waals surface area contributed by atoms with Gasteiger partial charge in [0.15, 0.2) is 0 Å². The van der Waals surface area contributed by atoms with Crippen LogP contribution in [0.1, 0.15) is 34.8 Å². The van der Waals surface area contributed by atoms with Crippen LogP contribution >= 0.6 is 0 Å². The van der Waals surface area contributed by atoms with E-state index < -0.39 is 0 Å². The third-order valence-electron chi connectivity index (χ3n) is 4.10. The first-order valence-corrected chi connectivity index (χ1v) is 9.57. The van der Waals surface area contributed by atoms with Gasteiger partial charge in [0.25, 0.3) is 5.91 Å². The van der Waals surface area contributed by atoms with Gasteiger partial charge in [0.1, 0.15) is 18.1 Å². The molecule has 3 aromatic rings. The molecule has 1 N–H and O–H groups in total. The van der Waals surface area contributed by atoms with E-state index in [0.717, 1.165) is 29.0 Å². The summed E-state index contributed by atoms with van der Waals surface area (Å²) in [7, 11) is 0. The van der Waals surface area contributed by atoms with Gasteiger partial charge in [-0.3, -0.25) is 4.79 Å². The van der Waals surface area contributed by atoms with E-state index in [1.807, 2.05) is 61.5 Å². The average molecular weight is 388 g/mol. The Kier molecular flexibility index (Phi) is 7.41. The van der Waals surface area contributed by atoms with Crippen LogP contribution in [0.3, 0.4) is 0 Å². The van der Waals surface area contributed by atoms with E-state index in [9.17, 15) is 4.79 Å². The number of nitrogens with zero attached hydrogens (tertiary/aromatic N) is 1. The van der Waals surface area contributed by atoms with Crippen molar-refractivity contribution in [2.45, 2.75) is 20.0 Å². The fourth-order valence-corrected chi connectivity index (χ4v) is 2.54. The van der Waals surface area contributed by atoms with Crippen LogP contribution in [0, 0.1) is 0 Å². The van der Waals surface area contributed by atoms with Crippen molar-refractivity contribution in [3.8, 4) is 11.5 Å². The molecule has 0 aliphatic carbocycles. The van der Waals surface area contributed by atoms with Gasteiger partial charge in [0, 0.05) is 5.56 Å². The lowest BCUT2D eigenvalue weighted by molar-refractivity contribution is 0.0955. The normalized spacial score (nSPS) is 10.7. The van der Waals surface area contributed by atoms with Crippen molar-refractivity contribution in [1.29, 1.82) is 0 Å². The van der Waals surface area contributed by atoms with Crippen molar-refractivity contribution in [3.63, 3.8) is 0 Å².